The lowest BCUT2D eigenvalue weighted by atomic mass is 10.2. The molecule has 3 aromatic carbocycles. The highest BCUT2D eigenvalue weighted by molar-refractivity contribution is 9.10. The van der Waals surface area contributed by atoms with E-state index in [2.05, 4.69) is 26.6 Å². The molecule has 2 amide bonds. The maximum atomic E-state index is 12.4. The fourth-order valence-corrected chi connectivity index (χ4v) is 2.86. The molecule has 30 heavy (non-hydrogen) atoms. The molecule has 2 N–H and O–H groups in total. The molecule has 1 atom stereocenters. The van der Waals surface area contributed by atoms with Crippen molar-refractivity contribution in [1.82, 2.24) is 0 Å². The number of amides is 2. The van der Waals surface area contributed by atoms with Crippen molar-refractivity contribution in [3.8, 4) is 11.5 Å². The highest BCUT2D eigenvalue weighted by atomic mass is 79.9. The Bertz CT molecular complexity index is 1000. The molecule has 0 spiro atoms. The zero-order valence-electron chi connectivity index (χ0n) is 16.5. The van der Waals surface area contributed by atoms with Crippen LogP contribution in [0.1, 0.15) is 17.3 Å². The monoisotopic (exact) mass is 468 g/mol. The minimum Gasteiger partial charge on any atom is -0.497 e. The van der Waals surface area contributed by atoms with Gasteiger partial charge in [0.1, 0.15) is 11.5 Å². The topological polar surface area (TPSA) is 76.7 Å². The van der Waals surface area contributed by atoms with E-state index in [1.54, 1.807) is 74.7 Å². The third-order valence-corrected chi connectivity index (χ3v) is 4.79. The number of hydrogen-bond donors (Lipinski definition) is 2. The molecule has 0 heterocycles. The van der Waals surface area contributed by atoms with Gasteiger partial charge in [0.2, 0.25) is 0 Å². The average Bonchev–Trinajstić information content (AvgIpc) is 2.76. The Hall–Kier alpha value is -3.32. The van der Waals surface area contributed by atoms with Crippen molar-refractivity contribution in [1.29, 1.82) is 0 Å². The largest absolute Gasteiger partial charge is 0.497 e. The number of benzene rings is 3. The van der Waals surface area contributed by atoms with Crippen LogP contribution in [0.3, 0.4) is 0 Å². The molecule has 0 aromatic heterocycles. The highest BCUT2D eigenvalue weighted by Gasteiger charge is 2.15. The zero-order chi connectivity index (χ0) is 21.5. The molecular weight excluding hydrogens is 448 g/mol. The van der Waals surface area contributed by atoms with Crippen molar-refractivity contribution in [2.24, 2.45) is 0 Å². The number of anilines is 2. The van der Waals surface area contributed by atoms with Crippen LogP contribution >= 0.6 is 15.9 Å². The first kappa shape index (κ1) is 21.4. The summed E-state index contributed by atoms with van der Waals surface area (Å²) in [6, 6.07) is 21.0. The SMILES string of the molecule is COc1ccc(NC(=O)c2ccc(NC(=O)C(C)Oc3ccc(Br)cc3)cc2)cc1. The van der Waals surface area contributed by atoms with E-state index in [1.807, 2.05) is 12.1 Å². The number of nitrogens with one attached hydrogen (secondary N) is 2. The Balaban J connectivity index is 1.55. The summed E-state index contributed by atoms with van der Waals surface area (Å²) in [6.07, 6.45) is -0.677. The molecule has 3 aromatic rings. The van der Waals surface area contributed by atoms with Gasteiger partial charge in [-0.3, -0.25) is 9.59 Å². The van der Waals surface area contributed by atoms with Crippen molar-refractivity contribution in [3.63, 3.8) is 0 Å². The van der Waals surface area contributed by atoms with Crippen molar-refractivity contribution in [2.75, 3.05) is 17.7 Å². The Kier molecular flexibility index (Phi) is 7.08. The summed E-state index contributed by atoms with van der Waals surface area (Å²) in [4.78, 5) is 24.7. The minimum absolute atomic E-state index is 0.245. The molecule has 154 valence electrons. The quantitative estimate of drug-likeness (QED) is 0.504. The fourth-order valence-electron chi connectivity index (χ4n) is 2.60. The number of ether oxygens (including phenoxy) is 2. The van der Waals surface area contributed by atoms with E-state index in [0.29, 0.717) is 28.4 Å². The van der Waals surface area contributed by atoms with E-state index in [0.717, 1.165) is 4.47 Å². The number of carbonyl (C=O) groups excluding carboxylic acids is 2. The fraction of sp³-hybridized carbons (Fsp3) is 0.130. The van der Waals surface area contributed by atoms with Gasteiger partial charge in [-0.05, 0) is 79.7 Å². The molecule has 0 fully saturated rings. The van der Waals surface area contributed by atoms with Crippen LogP contribution in [0.15, 0.2) is 77.3 Å². The molecule has 7 heteroatoms. The normalized spacial score (nSPS) is 11.3. The van der Waals surface area contributed by atoms with E-state index in [4.69, 9.17) is 9.47 Å². The predicted octanol–water partition coefficient (Wildman–Crippen LogP) is 5.12. The van der Waals surface area contributed by atoms with Crippen molar-refractivity contribution in [3.05, 3.63) is 82.8 Å². The lowest BCUT2D eigenvalue weighted by Crippen LogP contribution is -2.30. The molecule has 0 aliphatic carbocycles. The predicted molar refractivity (Wildman–Crippen MR) is 120 cm³/mol. The highest BCUT2D eigenvalue weighted by Crippen LogP contribution is 2.19. The van der Waals surface area contributed by atoms with Gasteiger partial charge in [-0.25, -0.2) is 0 Å². The molecule has 0 bridgehead atoms. The molecule has 0 aliphatic rings. The van der Waals surface area contributed by atoms with E-state index < -0.39 is 6.10 Å². The van der Waals surface area contributed by atoms with E-state index >= 15 is 0 Å². The van der Waals surface area contributed by atoms with Crippen molar-refractivity contribution in [2.45, 2.75) is 13.0 Å². The van der Waals surface area contributed by atoms with Crippen LogP contribution in [-0.2, 0) is 4.79 Å². The van der Waals surface area contributed by atoms with Gasteiger partial charge in [-0.1, -0.05) is 15.9 Å². The Morgan fingerprint density at radius 2 is 1.33 bits per heavy atom. The number of methoxy groups -OCH3 is 1. The van der Waals surface area contributed by atoms with Crippen molar-refractivity contribution < 1.29 is 19.1 Å². The average molecular weight is 469 g/mol. The second-order valence-corrected chi connectivity index (χ2v) is 7.38. The van der Waals surface area contributed by atoms with Gasteiger partial charge >= 0.3 is 0 Å². The second-order valence-electron chi connectivity index (χ2n) is 6.46. The first-order valence-corrected chi connectivity index (χ1v) is 10.0. The van der Waals surface area contributed by atoms with Crippen LogP contribution < -0.4 is 20.1 Å². The summed E-state index contributed by atoms with van der Waals surface area (Å²) >= 11 is 3.36. The van der Waals surface area contributed by atoms with E-state index in [9.17, 15) is 9.59 Å². The number of carbonyl (C=O) groups is 2. The molecule has 1 unspecified atom stereocenters. The molecule has 3 rings (SSSR count). The van der Waals surface area contributed by atoms with Gasteiger partial charge < -0.3 is 20.1 Å². The Labute approximate surface area is 183 Å². The molecule has 0 saturated heterocycles. The smallest absolute Gasteiger partial charge is 0.265 e. The van der Waals surface area contributed by atoms with Gasteiger partial charge in [-0.15, -0.1) is 0 Å². The van der Waals surface area contributed by atoms with Gasteiger partial charge in [0.25, 0.3) is 11.8 Å². The minimum atomic E-state index is -0.677. The number of halogens is 1. The van der Waals surface area contributed by atoms with Crippen LogP contribution in [0.2, 0.25) is 0 Å². The van der Waals surface area contributed by atoms with Gasteiger partial charge in [0.15, 0.2) is 6.10 Å². The third-order valence-electron chi connectivity index (χ3n) is 4.26. The maximum absolute atomic E-state index is 12.4. The lowest BCUT2D eigenvalue weighted by Gasteiger charge is -2.15. The van der Waals surface area contributed by atoms with Crippen LogP contribution in [-0.4, -0.2) is 25.0 Å². The molecular formula is C23H21BrN2O4. The maximum Gasteiger partial charge on any atom is 0.265 e. The number of rotatable bonds is 7. The van der Waals surface area contributed by atoms with Crippen molar-refractivity contribution >= 4 is 39.1 Å². The number of hydrogen-bond acceptors (Lipinski definition) is 4. The molecule has 0 saturated carbocycles. The first-order chi connectivity index (χ1) is 14.4. The third kappa shape index (κ3) is 5.84. The van der Waals surface area contributed by atoms with Gasteiger partial charge in [-0.2, -0.15) is 0 Å². The summed E-state index contributed by atoms with van der Waals surface area (Å²) < 4.78 is 11.7. The molecule has 6 nitrogen and oxygen atoms in total. The summed E-state index contributed by atoms with van der Waals surface area (Å²) in [6.45, 7) is 1.67. The van der Waals surface area contributed by atoms with E-state index in [1.165, 1.54) is 0 Å². The molecule has 0 radical (unpaired) electrons. The standard InChI is InChI=1S/C23H21BrN2O4/c1-15(30-21-11-5-17(24)6-12-21)22(27)25-18-7-3-16(4-8-18)23(28)26-19-9-13-20(29-2)14-10-19/h3-15H,1-2H3,(H,25,27)(H,26,28). The van der Waals surface area contributed by atoms with Crippen LogP contribution in [0.4, 0.5) is 11.4 Å². The zero-order valence-corrected chi connectivity index (χ0v) is 18.1. The van der Waals surface area contributed by atoms with Crippen LogP contribution in [0, 0.1) is 0 Å². The Morgan fingerprint density at radius 1 is 0.800 bits per heavy atom. The van der Waals surface area contributed by atoms with Gasteiger partial charge in [0, 0.05) is 21.4 Å². The summed E-state index contributed by atoms with van der Waals surface area (Å²) in [7, 11) is 1.58. The van der Waals surface area contributed by atoms with Gasteiger partial charge in [0.05, 0.1) is 7.11 Å². The van der Waals surface area contributed by atoms with Crippen LogP contribution in [0.5, 0.6) is 11.5 Å². The summed E-state index contributed by atoms with van der Waals surface area (Å²) in [5, 5.41) is 5.60. The lowest BCUT2D eigenvalue weighted by molar-refractivity contribution is -0.122. The second kappa shape index (κ2) is 9.93. The van der Waals surface area contributed by atoms with Crippen LogP contribution in [0.25, 0.3) is 0 Å². The summed E-state index contributed by atoms with van der Waals surface area (Å²) in [5.74, 6) is 0.788. The van der Waals surface area contributed by atoms with E-state index in [-0.39, 0.29) is 11.8 Å². The first-order valence-electron chi connectivity index (χ1n) is 9.23. The Morgan fingerprint density at radius 3 is 1.93 bits per heavy atom. The molecule has 0 aliphatic heterocycles. The summed E-state index contributed by atoms with van der Waals surface area (Å²) in [5.41, 5.74) is 1.72.